The first kappa shape index (κ1) is 26.0. The summed E-state index contributed by atoms with van der Waals surface area (Å²) in [5, 5.41) is 2.28. The van der Waals surface area contributed by atoms with Crippen molar-refractivity contribution in [2.75, 3.05) is 6.61 Å². The summed E-state index contributed by atoms with van der Waals surface area (Å²) in [5.74, 6) is -0.542. The summed E-state index contributed by atoms with van der Waals surface area (Å²) in [4.78, 5) is 12.8. The van der Waals surface area contributed by atoms with Crippen molar-refractivity contribution in [3.63, 3.8) is 0 Å². The van der Waals surface area contributed by atoms with Crippen molar-refractivity contribution < 1.29 is 23.4 Å². The second-order valence-corrected chi connectivity index (χ2v) is 15.2. The Hall–Kier alpha value is -3.09. The smallest absolute Gasteiger partial charge is 0.349 e. The van der Waals surface area contributed by atoms with Crippen LogP contribution in [0.5, 0.6) is 11.5 Å². The van der Waals surface area contributed by atoms with E-state index in [2.05, 4.69) is 69.3 Å². The molecule has 0 N–H and O–H groups in total. The largest absolute Gasteiger partial charge is 0.487 e. The lowest BCUT2D eigenvalue weighted by Gasteiger charge is -2.43. The van der Waals surface area contributed by atoms with Crippen LogP contribution in [0.15, 0.2) is 72.8 Å². The summed E-state index contributed by atoms with van der Waals surface area (Å²) in [6.07, 6.45) is -0.319. The van der Waals surface area contributed by atoms with Gasteiger partial charge in [-0.2, -0.15) is 0 Å². The molecule has 1 aliphatic heterocycles. The Balaban J connectivity index is 1.66. The van der Waals surface area contributed by atoms with Crippen LogP contribution in [-0.4, -0.2) is 32.8 Å². The molecule has 6 heteroatoms. The van der Waals surface area contributed by atoms with Crippen LogP contribution in [0.1, 0.15) is 57.5 Å². The zero-order valence-corrected chi connectivity index (χ0v) is 23.3. The molecule has 0 unspecified atom stereocenters. The van der Waals surface area contributed by atoms with Gasteiger partial charge < -0.3 is 18.6 Å². The molecule has 0 aliphatic carbocycles. The van der Waals surface area contributed by atoms with E-state index >= 15 is 0 Å². The quantitative estimate of drug-likeness (QED) is 0.309. The molecule has 0 saturated heterocycles. The number of hydrogen-bond acceptors (Lipinski definition) is 5. The molecule has 0 fully saturated rings. The van der Waals surface area contributed by atoms with Crippen molar-refractivity contribution >= 4 is 24.7 Å². The Morgan fingerprint density at radius 2 is 1.47 bits per heavy atom. The predicted molar refractivity (Wildman–Crippen MR) is 145 cm³/mol. The van der Waals surface area contributed by atoms with Gasteiger partial charge in [-0.05, 0) is 47.0 Å². The molecule has 1 heterocycles. The van der Waals surface area contributed by atoms with Crippen LogP contribution in [0, 0.1) is 6.92 Å². The van der Waals surface area contributed by atoms with E-state index in [9.17, 15) is 4.79 Å². The maximum absolute atomic E-state index is 12.8. The molecule has 3 aromatic carbocycles. The molecule has 0 bridgehead atoms. The molecule has 5 nitrogen and oxygen atoms in total. The van der Waals surface area contributed by atoms with Gasteiger partial charge in [0.15, 0.2) is 0 Å². The molecule has 0 amide bonds. The summed E-state index contributed by atoms with van der Waals surface area (Å²) < 4.78 is 24.7. The third kappa shape index (κ3) is 5.06. The second-order valence-electron chi connectivity index (χ2n) is 10.9. The number of benzene rings is 3. The fourth-order valence-corrected chi connectivity index (χ4v) is 9.55. The average molecular weight is 505 g/mol. The maximum Gasteiger partial charge on any atom is 0.349 e. The molecular formula is C30H36O5Si. The first-order valence-corrected chi connectivity index (χ1v) is 14.3. The number of carbonyl (C=O) groups excluding carboxylic acids is 1. The maximum atomic E-state index is 12.8. The third-order valence-electron chi connectivity index (χ3n) is 6.39. The van der Waals surface area contributed by atoms with Gasteiger partial charge in [-0.25, -0.2) is 4.79 Å². The highest BCUT2D eigenvalue weighted by atomic mass is 28.4. The van der Waals surface area contributed by atoms with Crippen molar-refractivity contribution in [1.29, 1.82) is 0 Å². The Morgan fingerprint density at radius 3 is 2.00 bits per heavy atom. The van der Waals surface area contributed by atoms with Crippen LogP contribution in [-0.2, 0) is 9.16 Å². The first-order valence-electron chi connectivity index (χ1n) is 12.4. The standard InChI is InChI=1S/C30H36O5Si/c1-21-18-25(27-26(19-21)34-30(6,7)35-28(27)31)33-22(2)20-32-36(29(3,4)5,23-14-10-8-11-15-23)24-16-12-9-13-17-24/h8-19,22H,20H2,1-7H3/t22-/m0/s1. The zero-order valence-electron chi connectivity index (χ0n) is 22.3. The lowest BCUT2D eigenvalue weighted by atomic mass is 10.1. The minimum atomic E-state index is -2.70. The van der Waals surface area contributed by atoms with Crippen molar-refractivity contribution in [2.24, 2.45) is 0 Å². The fourth-order valence-electron chi connectivity index (χ4n) is 4.91. The Kier molecular flexibility index (Phi) is 7.04. The average Bonchev–Trinajstić information content (AvgIpc) is 2.78. The van der Waals surface area contributed by atoms with Gasteiger partial charge in [-0.3, -0.25) is 0 Å². The molecule has 0 aromatic heterocycles. The van der Waals surface area contributed by atoms with Crippen LogP contribution < -0.4 is 19.8 Å². The number of cyclic esters (lactones) is 1. The first-order chi connectivity index (χ1) is 16.9. The minimum Gasteiger partial charge on any atom is -0.487 e. The number of hydrogen-bond donors (Lipinski definition) is 0. The summed E-state index contributed by atoms with van der Waals surface area (Å²) in [6, 6.07) is 24.7. The topological polar surface area (TPSA) is 54.0 Å². The van der Waals surface area contributed by atoms with Gasteiger partial charge in [-0.15, -0.1) is 0 Å². The van der Waals surface area contributed by atoms with E-state index in [0.29, 0.717) is 23.7 Å². The highest BCUT2D eigenvalue weighted by Crippen LogP contribution is 2.39. The Morgan fingerprint density at radius 1 is 0.917 bits per heavy atom. The van der Waals surface area contributed by atoms with Crippen LogP contribution in [0.2, 0.25) is 5.04 Å². The monoisotopic (exact) mass is 504 g/mol. The summed E-state index contributed by atoms with van der Waals surface area (Å²) in [6.45, 7) is 14.5. The van der Waals surface area contributed by atoms with Gasteiger partial charge in [0, 0.05) is 13.8 Å². The van der Waals surface area contributed by atoms with Crippen molar-refractivity contribution in [2.45, 2.75) is 65.4 Å². The molecule has 190 valence electrons. The third-order valence-corrected chi connectivity index (χ3v) is 11.4. The molecule has 4 rings (SSSR count). The van der Waals surface area contributed by atoms with E-state index in [4.69, 9.17) is 18.6 Å². The van der Waals surface area contributed by atoms with E-state index < -0.39 is 20.1 Å². The fraction of sp³-hybridized carbons (Fsp3) is 0.367. The number of ether oxygens (including phenoxy) is 3. The molecular weight excluding hydrogens is 468 g/mol. The summed E-state index contributed by atoms with van der Waals surface area (Å²) in [7, 11) is -2.70. The second kappa shape index (κ2) is 9.75. The normalized spacial score (nSPS) is 15.9. The summed E-state index contributed by atoms with van der Waals surface area (Å²) in [5.41, 5.74) is 1.26. The minimum absolute atomic E-state index is 0.138. The van der Waals surface area contributed by atoms with Crippen LogP contribution in [0.3, 0.4) is 0 Å². The SMILES string of the molecule is Cc1cc(O[C@@H](C)CO[Si](c2ccccc2)(c2ccccc2)C(C)(C)C)c2c(c1)OC(C)(C)OC2=O. The van der Waals surface area contributed by atoms with Crippen molar-refractivity contribution in [1.82, 2.24) is 0 Å². The lowest BCUT2D eigenvalue weighted by molar-refractivity contribution is -0.127. The molecule has 3 aromatic rings. The molecule has 1 aliphatic rings. The number of esters is 1. The van der Waals surface area contributed by atoms with Crippen LogP contribution in [0.4, 0.5) is 0 Å². The Labute approximate surface area is 215 Å². The van der Waals surface area contributed by atoms with Gasteiger partial charge in [0.1, 0.15) is 23.2 Å². The molecule has 0 radical (unpaired) electrons. The number of fused-ring (bicyclic) bond motifs is 1. The van der Waals surface area contributed by atoms with Crippen LogP contribution >= 0.6 is 0 Å². The van der Waals surface area contributed by atoms with Gasteiger partial charge >= 0.3 is 5.97 Å². The van der Waals surface area contributed by atoms with E-state index in [1.807, 2.05) is 38.1 Å². The van der Waals surface area contributed by atoms with E-state index in [1.165, 1.54) is 10.4 Å². The van der Waals surface area contributed by atoms with Gasteiger partial charge in [0.25, 0.3) is 8.32 Å². The number of rotatable bonds is 7. The van der Waals surface area contributed by atoms with E-state index in [1.54, 1.807) is 13.8 Å². The van der Waals surface area contributed by atoms with Gasteiger partial charge in [-0.1, -0.05) is 81.4 Å². The summed E-state index contributed by atoms with van der Waals surface area (Å²) >= 11 is 0. The molecule has 0 saturated carbocycles. The number of aryl methyl sites for hydroxylation is 1. The van der Waals surface area contributed by atoms with Crippen LogP contribution in [0.25, 0.3) is 0 Å². The zero-order chi connectivity index (χ0) is 26.1. The highest BCUT2D eigenvalue weighted by Gasteiger charge is 2.50. The number of carbonyl (C=O) groups is 1. The van der Waals surface area contributed by atoms with Crippen molar-refractivity contribution in [3.05, 3.63) is 83.9 Å². The molecule has 36 heavy (non-hydrogen) atoms. The van der Waals surface area contributed by atoms with Crippen molar-refractivity contribution in [3.8, 4) is 11.5 Å². The molecule has 1 atom stereocenters. The van der Waals surface area contributed by atoms with Gasteiger partial charge in [0.05, 0.1) is 6.61 Å². The Bertz CT molecular complexity index is 1180. The van der Waals surface area contributed by atoms with E-state index in [-0.39, 0.29) is 11.1 Å². The van der Waals surface area contributed by atoms with E-state index in [0.717, 1.165) is 5.56 Å². The molecule has 0 spiro atoms. The lowest BCUT2D eigenvalue weighted by Crippen LogP contribution is -2.67. The van der Waals surface area contributed by atoms with Gasteiger partial charge in [0.2, 0.25) is 5.79 Å². The highest BCUT2D eigenvalue weighted by molar-refractivity contribution is 6.99. The predicted octanol–water partition coefficient (Wildman–Crippen LogP) is 5.62.